The van der Waals surface area contributed by atoms with E-state index in [-0.39, 0.29) is 0 Å². The Morgan fingerprint density at radius 1 is 1.29 bits per heavy atom. The van der Waals surface area contributed by atoms with Gasteiger partial charge in [0.2, 0.25) is 0 Å². The van der Waals surface area contributed by atoms with Crippen LogP contribution in [0.3, 0.4) is 0 Å². The third kappa shape index (κ3) is 3.99. The van der Waals surface area contributed by atoms with E-state index in [1.165, 1.54) is 44.6 Å². The molecule has 116 valence electrons. The zero-order valence-electron chi connectivity index (χ0n) is 12.9. The molecule has 0 aromatic heterocycles. The van der Waals surface area contributed by atoms with E-state index in [9.17, 15) is 0 Å². The normalized spacial score (nSPS) is 27.3. The third-order valence-corrected chi connectivity index (χ3v) is 5.36. The topological polar surface area (TPSA) is 18.5 Å². The van der Waals surface area contributed by atoms with Crippen LogP contribution in [-0.2, 0) is 0 Å². The fraction of sp³-hybridized carbons (Fsp3) is 0.647. The minimum Gasteiger partial charge on any atom is -0.384 e. The minimum atomic E-state index is 0.684. The van der Waals surface area contributed by atoms with Crippen LogP contribution in [0.2, 0.25) is 0 Å². The second-order valence-corrected chi connectivity index (χ2v) is 7.34. The fourth-order valence-electron chi connectivity index (χ4n) is 3.67. The van der Waals surface area contributed by atoms with Gasteiger partial charge in [0.25, 0.3) is 0 Å². The Morgan fingerprint density at radius 3 is 3.05 bits per heavy atom. The molecule has 1 aromatic carbocycles. The molecular formula is C17H26BrN3. The van der Waals surface area contributed by atoms with Gasteiger partial charge in [-0.25, -0.2) is 0 Å². The van der Waals surface area contributed by atoms with Gasteiger partial charge < -0.3 is 5.32 Å². The molecule has 0 radical (unpaired) electrons. The van der Waals surface area contributed by atoms with Gasteiger partial charge in [-0.3, -0.25) is 9.80 Å². The number of piperidine rings is 1. The van der Waals surface area contributed by atoms with Crippen LogP contribution in [0.5, 0.6) is 0 Å². The molecule has 2 aliphatic heterocycles. The highest BCUT2D eigenvalue weighted by atomic mass is 79.9. The summed E-state index contributed by atoms with van der Waals surface area (Å²) in [5, 5.41) is 3.54. The Kier molecular flexibility index (Phi) is 5.19. The summed E-state index contributed by atoms with van der Waals surface area (Å²) in [4.78, 5) is 5.38. The van der Waals surface area contributed by atoms with Crippen molar-refractivity contribution in [3.63, 3.8) is 0 Å². The Hall–Kier alpha value is -0.580. The first kappa shape index (κ1) is 15.3. The highest BCUT2D eigenvalue weighted by Gasteiger charge is 2.32. The van der Waals surface area contributed by atoms with Gasteiger partial charge in [-0.15, -0.1) is 0 Å². The first-order chi connectivity index (χ1) is 10.2. The second kappa shape index (κ2) is 7.12. The maximum atomic E-state index is 3.54. The molecule has 2 unspecified atom stereocenters. The lowest BCUT2D eigenvalue weighted by Crippen LogP contribution is -2.59. The molecule has 2 fully saturated rings. The van der Waals surface area contributed by atoms with Crippen LogP contribution in [-0.4, -0.2) is 54.6 Å². The molecule has 2 heterocycles. The van der Waals surface area contributed by atoms with Crippen molar-refractivity contribution in [2.75, 3.05) is 38.0 Å². The number of hydrogen-bond acceptors (Lipinski definition) is 3. The average Bonchev–Trinajstić information content (AvgIpc) is 2.48. The molecule has 2 saturated heterocycles. The largest absolute Gasteiger partial charge is 0.384 e. The molecule has 1 aromatic rings. The van der Waals surface area contributed by atoms with Crippen molar-refractivity contribution in [1.29, 1.82) is 0 Å². The van der Waals surface area contributed by atoms with Gasteiger partial charge in [0.1, 0.15) is 0 Å². The standard InChI is InChI=1S/C17H26BrN3/c1-14-12-21-9-3-2-7-17(21)13-20(14)10-8-19-16-6-4-5-15(18)11-16/h4-6,11,14,17,19H,2-3,7-10,12-13H2,1H3. The molecule has 2 atom stereocenters. The molecule has 4 heteroatoms. The van der Waals surface area contributed by atoms with Crippen LogP contribution in [0.4, 0.5) is 5.69 Å². The van der Waals surface area contributed by atoms with Crippen molar-refractivity contribution < 1.29 is 0 Å². The van der Waals surface area contributed by atoms with Gasteiger partial charge in [-0.05, 0) is 44.5 Å². The predicted molar refractivity (Wildman–Crippen MR) is 92.9 cm³/mol. The summed E-state index contributed by atoms with van der Waals surface area (Å²) < 4.78 is 1.14. The summed E-state index contributed by atoms with van der Waals surface area (Å²) in [5.41, 5.74) is 1.20. The van der Waals surface area contributed by atoms with E-state index >= 15 is 0 Å². The first-order valence-corrected chi connectivity index (χ1v) is 8.99. The summed E-state index contributed by atoms with van der Waals surface area (Å²) in [7, 11) is 0. The number of anilines is 1. The monoisotopic (exact) mass is 351 g/mol. The van der Waals surface area contributed by atoms with Crippen LogP contribution in [0.1, 0.15) is 26.2 Å². The summed E-state index contributed by atoms with van der Waals surface area (Å²) in [6.45, 7) is 8.36. The number of halogens is 1. The quantitative estimate of drug-likeness (QED) is 0.896. The Labute approximate surface area is 136 Å². The summed E-state index contributed by atoms with van der Waals surface area (Å²) in [6.07, 6.45) is 4.20. The maximum Gasteiger partial charge on any atom is 0.0351 e. The van der Waals surface area contributed by atoms with Gasteiger partial charge in [0, 0.05) is 48.4 Å². The summed E-state index contributed by atoms with van der Waals surface area (Å²) >= 11 is 3.52. The molecule has 0 bridgehead atoms. The molecule has 0 saturated carbocycles. The van der Waals surface area contributed by atoms with Crippen LogP contribution in [0, 0.1) is 0 Å². The Bertz CT molecular complexity index is 465. The second-order valence-electron chi connectivity index (χ2n) is 6.43. The number of nitrogens with one attached hydrogen (secondary N) is 1. The molecule has 0 spiro atoms. The highest BCUT2D eigenvalue weighted by Crippen LogP contribution is 2.23. The smallest absolute Gasteiger partial charge is 0.0351 e. The third-order valence-electron chi connectivity index (χ3n) is 4.87. The van der Waals surface area contributed by atoms with Gasteiger partial charge in [-0.2, -0.15) is 0 Å². The number of rotatable bonds is 4. The Balaban J connectivity index is 1.48. The molecule has 0 amide bonds. The van der Waals surface area contributed by atoms with Crippen molar-refractivity contribution in [3.8, 4) is 0 Å². The fourth-order valence-corrected chi connectivity index (χ4v) is 4.07. The van der Waals surface area contributed by atoms with Crippen molar-refractivity contribution in [3.05, 3.63) is 28.7 Å². The summed E-state index contributed by atoms with van der Waals surface area (Å²) in [5.74, 6) is 0. The summed E-state index contributed by atoms with van der Waals surface area (Å²) in [6, 6.07) is 9.91. The van der Waals surface area contributed by atoms with E-state index in [2.05, 4.69) is 62.2 Å². The van der Waals surface area contributed by atoms with Crippen molar-refractivity contribution in [2.45, 2.75) is 38.3 Å². The van der Waals surface area contributed by atoms with Crippen molar-refractivity contribution >= 4 is 21.6 Å². The van der Waals surface area contributed by atoms with Gasteiger partial charge in [-0.1, -0.05) is 28.4 Å². The van der Waals surface area contributed by atoms with Crippen molar-refractivity contribution in [2.24, 2.45) is 0 Å². The van der Waals surface area contributed by atoms with E-state index in [1.807, 2.05) is 0 Å². The van der Waals surface area contributed by atoms with E-state index < -0.39 is 0 Å². The highest BCUT2D eigenvalue weighted by molar-refractivity contribution is 9.10. The van der Waals surface area contributed by atoms with Gasteiger partial charge >= 0.3 is 0 Å². The SMILES string of the molecule is CC1CN2CCCCC2CN1CCNc1cccc(Br)c1. The molecule has 1 N–H and O–H groups in total. The van der Waals surface area contributed by atoms with Crippen LogP contribution in [0.25, 0.3) is 0 Å². The van der Waals surface area contributed by atoms with Gasteiger partial charge in [0.15, 0.2) is 0 Å². The van der Waals surface area contributed by atoms with E-state index in [1.54, 1.807) is 0 Å². The molecule has 2 aliphatic rings. The lowest BCUT2D eigenvalue weighted by atomic mass is 9.97. The Morgan fingerprint density at radius 2 is 2.19 bits per heavy atom. The number of nitrogens with zero attached hydrogens (tertiary/aromatic N) is 2. The van der Waals surface area contributed by atoms with E-state index in [4.69, 9.17) is 0 Å². The van der Waals surface area contributed by atoms with E-state index in [0.29, 0.717) is 6.04 Å². The first-order valence-electron chi connectivity index (χ1n) is 8.20. The molecular weight excluding hydrogens is 326 g/mol. The average molecular weight is 352 g/mol. The maximum absolute atomic E-state index is 3.54. The van der Waals surface area contributed by atoms with Gasteiger partial charge in [0.05, 0.1) is 0 Å². The van der Waals surface area contributed by atoms with Crippen LogP contribution < -0.4 is 5.32 Å². The lowest BCUT2D eigenvalue weighted by Gasteiger charge is -2.47. The number of hydrogen-bond donors (Lipinski definition) is 1. The van der Waals surface area contributed by atoms with Crippen LogP contribution >= 0.6 is 15.9 Å². The zero-order valence-corrected chi connectivity index (χ0v) is 14.5. The predicted octanol–water partition coefficient (Wildman–Crippen LogP) is 3.42. The molecule has 3 nitrogen and oxygen atoms in total. The molecule has 21 heavy (non-hydrogen) atoms. The zero-order chi connectivity index (χ0) is 14.7. The van der Waals surface area contributed by atoms with Crippen molar-refractivity contribution in [1.82, 2.24) is 9.80 Å². The molecule has 0 aliphatic carbocycles. The number of fused-ring (bicyclic) bond motifs is 1. The van der Waals surface area contributed by atoms with Crippen LogP contribution in [0.15, 0.2) is 28.7 Å². The molecule has 3 rings (SSSR count). The number of piperazine rings is 1. The minimum absolute atomic E-state index is 0.684. The number of benzene rings is 1. The van der Waals surface area contributed by atoms with E-state index in [0.717, 1.165) is 23.6 Å². The lowest BCUT2D eigenvalue weighted by molar-refractivity contribution is 0.0176.